The Bertz CT molecular complexity index is 821. The van der Waals surface area contributed by atoms with Crippen molar-refractivity contribution in [2.45, 2.75) is 13.5 Å². The quantitative estimate of drug-likeness (QED) is 0.593. The molecule has 0 fully saturated rings. The molecule has 2 aromatic carbocycles. The molecule has 5 nitrogen and oxygen atoms in total. The minimum atomic E-state index is -0.182. The van der Waals surface area contributed by atoms with Gasteiger partial charge < -0.3 is 4.57 Å². The number of carbonyl (C=O) groups is 1. The van der Waals surface area contributed by atoms with Crippen LogP contribution in [0.4, 0.5) is 0 Å². The largest absolute Gasteiger partial charge is 0.321 e. The summed E-state index contributed by atoms with van der Waals surface area (Å²) in [5.41, 5.74) is 6.14. The van der Waals surface area contributed by atoms with E-state index in [1.54, 1.807) is 10.9 Å². The third-order valence-electron chi connectivity index (χ3n) is 3.38. The Morgan fingerprint density at radius 2 is 1.86 bits per heavy atom. The summed E-state index contributed by atoms with van der Waals surface area (Å²) in [5, 5.41) is 4.14. The molecule has 110 valence electrons. The fourth-order valence-corrected chi connectivity index (χ4v) is 2.22. The highest BCUT2D eigenvalue weighted by Crippen LogP contribution is 2.11. The number of carbonyl (C=O) groups excluding carboxylic acids is 1. The van der Waals surface area contributed by atoms with Gasteiger partial charge in [0.2, 0.25) is 0 Å². The monoisotopic (exact) mass is 292 g/mol. The summed E-state index contributed by atoms with van der Waals surface area (Å²) in [5.74, 6) is -0.182. The van der Waals surface area contributed by atoms with Crippen molar-refractivity contribution < 1.29 is 4.79 Å². The number of hydrogen-bond donors (Lipinski definition) is 1. The first-order chi connectivity index (χ1) is 10.7. The Kier molecular flexibility index (Phi) is 3.96. The van der Waals surface area contributed by atoms with Crippen molar-refractivity contribution in [3.8, 4) is 0 Å². The molecule has 22 heavy (non-hydrogen) atoms. The molecule has 0 aliphatic rings. The Hall–Kier alpha value is -2.95. The number of nitrogens with zero attached hydrogens (tertiary/aromatic N) is 3. The van der Waals surface area contributed by atoms with Crippen LogP contribution in [-0.4, -0.2) is 21.2 Å². The Labute approximate surface area is 128 Å². The second-order valence-electron chi connectivity index (χ2n) is 4.96. The lowest BCUT2D eigenvalue weighted by atomic mass is 10.1. The Morgan fingerprint density at radius 3 is 2.68 bits per heavy atom. The van der Waals surface area contributed by atoms with Gasteiger partial charge in [-0.3, -0.25) is 4.79 Å². The predicted octanol–water partition coefficient (Wildman–Crippen LogP) is 2.58. The summed E-state index contributed by atoms with van der Waals surface area (Å²) in [6.07, 6.45) is 1.66. The van der Waals surface area contributed by atoms with Gasteiger partial charge in [0.05, 0.1) is 23.1 Å². The zero-order valence-electron chi connectivity index (χ0n) is 12.2. The number of nitrogens with one attached hydrogen (secondary N) is 1. The van der Waals surface area contributed by atoms with E-state index < -0.39 is 0 Å². The first-order valence-corrected chi connectivity index (χ1v) is 7.02. The van der Waals surface area contributed by atoms with E-state index in [0.29, 0.717) is 0 Å². The highest BCUT2D eigenvalue weighted by Gasteiger charge is 2.06. The van der Waals surface area contributed by atoms with E-state index in [1.165, 1.54) is 0 Å². The number of hydrogen-bond acceptors (Lipinski definition) is 3. The van der Waals surface area contributed by atoms with Crippen LogP contribution in [0.15, 0.2) is 66.0 Å². The maximum absolute atomic E-state index is 12.0. The van der Waals surface area contributed by atoms with Crippen LogP contribution in [0.3, 0.4) is 0 Å². The number of hydrazone groups is 1. The third-order valence-corrected chi connectivity index (χ3v) is 3.38. The molecule has 0 aliphatic heterocycles. The van der Waals surface area contributed by atoms with E-state index in [1.807, 2.05) is 61.5 Å². The van der Waals surface area contributed by atoms with E-state index in [0.717, 1.165) is 22.3 Å². The molecule has 0 spiro atoms. The van der Waals surface area contributed by atoms with E-state index in [-0.39, 0.29) is 12.5 Å². The van der Waals surface area contributed by atoms with Crippen molar-refractivity contribution in [3.05, 3.63) is 66.5 Å². The molecule has 1 N–H and O–H groups in total. The van der Waals surface area contributed by atoms with Gasteiger partial charge in [0, 0.05) is 0 Å². The van der Waals surface area contributed by atoms with Gasteiger partial charge in [-0.25, -0.2) is 10.4 Å². The van der Waals surface area contributed by atoms with E-state index in [2.05, 4.69) is 15.5 Å². The first-order valence-electron chi connectivity index (χ1n) is 7.02. The molecule has 1 aromatic heterocycles. The lowest BCUT2D eigenvalue weighted by Crippen LogP contribution is -2.24. The van der Waals surface area contributed by atoms with Crippen LogP contribution in [0, 0.1) is 0 Å². The van der Waals surface area contributed by atoms with Crippen LogP contribution in [0.1, 0.15) is 12.5 Å². The lowest BCUT2D eigenvalue weighted by molar-refractivity contribution is -0.121. The number of amides is 1. The molecule has 5 heteroatoms. The van der Waals surface area contributed by atoms with Gasteiger partial charge >= 0.3 is 0 Å². The van der Waals surface area contributed by atoms with Gasteiger partial charge in [-0.2, -0.15) is 5.10 Å². The smallest absolute Gasteiger partial charge is 0.260 e. The molecule has 0 bridgehead atoms. The molecular weight excluding hydrogens is 276 g/mol. The summed E-state index contributed by atoms with van der Waals surface area (Å²) in [7, 11) is 0. The molecule has 1 heterocycles. The average Bonchev–Trinajstić information content (AvgIpc) is 2.97. The van der Waals surface area contributed by atoms with E-state index >= 15 is 0 Å². The summed E-state index contributed by atoms with van der Waals surface area (Å²) in [6, 6.07) is 17.4. The highest BCUT2D eigenvalue weighted by atomic mass is 16.2. The SMILES string of the molecule is C/C(=N/NC(=O)Cn1cnc2ccccc21)c1ccccc1. The van der Waals surface area contributed by atoms with Crippen LogP contribution in [0.5, 0.6) is 0 Å². The Morgan fingerprint density at radius 1 is 1.14 bits per heavy atom. The van der Waals surface area contributed by atoms with Crippen molar-refractivity contribution >= 4 is 22.7 Å². The van der Waals surface area contributed by atoms with Crippen molar-refractivity contribution in [1.82, 2.24) is 15.0 Å². The van der Waals surface area contributed by atoms with Crippen molar-refractivity contribution in [2.75, 3.05) is 0 Å². The molecule has 0 saturated heterocycles. The molecule has 0 aliphatic carbocycles. The molecule has 3 rings (SSSR count). The number of aromatic nitrogens is 2. The lowest BCUT2D eigenvalue weighted by Gasteiger charge is -2.04. The normalized spacial score (nSPS) is 11.6. The zero-order valence-corrected chi connectivity index (χ0v) is 12.2. The molecule has 0 atom stereocenters. The molecule has 1 amide bonds. The fourth-order valence-electron chi connectivity index (χ4n) is 2.22. The fraction of sp³-hybridized carbons (Fsp3) is 0.118. The molecule has 0 radical (unpaired) electrons. The summed E-state index contributed by atoms with van der Waals surface area (Å²) in [6.45, 7) is 2.05. The number of fused-ring (bicyclic) bond motifs is 1. The number of imidazole rings is 1. The molecule has 0 unspecified atom stereocenters. The maximum atomic E-state index is 12.0. The van der Waals surface area contributed by atoms with Gasteiger partial charge in [0.25, 0.3) is 5.91 Å². The van der Waals surface area contributed by atoms with Gasteiger partial charge in [-0.05, 0) is 24.6 Å². The zero-order chi connectivity index (χ0) is 15.4. The minimum absolute atomic E-state index is 0.182. The van der Waals surface area contributed by atoms with Crippen LogP contribution < -0.4 is 5.43 Å². The molecule has 0 saturated carbocycles. The minimum Gasteiger partial charge on any atom is -0.321 e. The average molecular weight is 292 g/mol. The van der Waals surface area contributed by atoms with Crippen molar-refractivity contribution in [3.63, 3.8) is 0 Å². The van der Waals surface area contributed by atoms with Gasteiger partial charge in [0.1, 0.15) is 6.54 Å². The van der Waals surface area contributed by atoms with Crippen molar-refractivity contribution in [1.29, 1.82) is 0 Å². The Balaban J connectivity index is 1.68. The van der Waals surface area contributed by atoms with Crippen LogP contribution >= 0.6 is 0 Å². The second kappa shape index (κ2) is 6.22. The topological polar surface area (TPSA) is 59.3 Å². The van der Waals surface area contributed by atoms with E-state index in [9.17, 15) is 4.79 Å². The summed E-state index contributed by atoms with van der Waals surface area (Å²) < 4.78 is 1.80. The highest BCUT2D eigenvalue weighted by molar-refractivity contribution is 5.99. The molecule has 3 aromatic rings. The van der Waals surface area contributed by atoms with Gasteiger partial charge in [0.15, 0.2) is 0 Å². The maximum Gasteiger partial charge on any atom is 0.260 e. The van der Waals surface area contributed by atoms with Crippen LogP contribution in [-0.2, 0) is 11.3 Å². The number of rotatable bonds is 4. The molecular formula is C17H16N4O. The predicted molar refractivity (Wildman–Crippen MR) is 86.5 cm³/mol. The summed E-state index contributed by atoms with van der Waals surface area (Å²) in [4.78, 5) is 16.3. The van der Waals surface area contributed by atoms with Gasteiger partial charge in [-0.15, -0.1) is 0 Å². The van der Waals surface area contributed by atoms with Crippen LogP contribution in [0.25, 0.3) is 11.0 Å². The third kappa shape index (κ3) is 3.03. The first kappa shape index (κ1) is 14.0. The standard InChI is InChI=1S/C17H16N4O/c1-13(14-7-3-2-4-8-14)19-20-17(22)11-21-12-18-15-9-5-6-10-16(15)21/h2-10,12H,11H2,1H3,(H,20,22)/b19-13-. The van der Waals surface area contributed by atoms with E-state index in [4.69, 9.17) is 0 Å². The summed E-state index contributed by atoms with van der Waals surface area (Å²) >= 11 is 0. The second-order valence-corrected chi connectivity index (χ2v) is 4.96. The van der Waals surface area contributed by atoms with Crippen molar-refractivity contribution in [2.24, 2.45) is 5.10 Å². The van der Waals surface area contributed by atoms with Crippen LogP contribution in [0.2, 0.25) is 0 Å². The number of benzene rings is 2. The number of para-hydroxylation sites is 2. The van der Waals surface area contributed by atoms with Gasteiger partial charge in [-0.1, -0.05) is 42.5 Å².